The molecule has 1 aromatic carbocycles. The van der Waals surface area contributed by atoms with Gasteiger partial charge in [0.05, 0.1) is 25.5 Å². The maximum atomic E-state index is 12.1. The maximum Gasteiger partial charge on any atom is 0.340 e. The van der Waals surface area contributed by atoms with Crippen LogP contribution < -0.4 is 9.64 Å². The van der Waals surface area contributed by atoms with Crippen LogP contribution in [0.4, 0.5) is 5.69 Å². The van der Waals surface area contributed by atoms with Crippen molar-refractivity contribution in [3.63, 3.8) is 0 Å². The number of rotatable bonds is 4. The summed E-state index contributed by atoms with van der Waals surface area (Å²) in [5.41, 5.74) is 0.872. The molecule has 5 heteroatoms. The molecule has 2 rings (SSSR count). The lowest BCUT2D eigenvalue weighted by atomic mass is 10.1. The standard InChI is InChI=1S/C15H17NO4/c1-4-10-7-14(17)16(9-10)13-6-5-11(19-2)8-12(13)15(18)20-3/h4-6,8,10H,1,7,9H2,2-3H3. The molecule has 1 unspecified atom stereocenters. The first-order valence-corrected chi connectivity index (χ1v) is 6.30. The van der Waals surface area contributed by atoms with Gasteiger partial charge in [-0.1, -0.05) is 6.08 Å². The first-order chi connectivity index (χ1) is 9.60. The molecule has 1 atom stereocenters. The van der Waals surface area contributed by atoms with Crippen molar-refractivity contribution < 1.29 is 19.1 Å². The lowest BCUT2D eigenvalue weighted by molar-refractivity contribution is -0.117. The van der Waals surface area contributed by atoms with Crippen molar-refractivity contribution in [1.29, 1.82) is 0 Å². The molecule has 0 spiro atoms. The normalized spacial score (nSPS) is 18.0. The number of amides is 1. The Labute approximate surface area is 117 Å². The van der Waals surface area contributed by atoms with E-state index in [9.17, 15) is 9.59 Å². The van der Waals surface area contributed by atoms with Crippen LogP contribution in [0.3, 0.4) is 0 Å². The molecule has 0 saturated carbocycles. The molecule has 106 valence electrons. The van der Waals surface area contributed by atoms with E-state index in [4.69, 9.17) is 9.47 Å². The molecule has 0 radical (unpaired) electrons. The smallest absolute Gasteiger partial charge is 0.340 e. The van der Waals surface area contributed by atoms with E-state index < -0.39 is 5.97 Å². The molecule has 1 aromatic rings. The van der Waals surface area contributed by atoms with Crippen LogP contribution in [0.1, 0.15) is 16.8 Å². The van der Waals surface area contributed by atoms with Gasteiger partial charge in [-0.2, -0.15) is 0 Å². The Morgan fingerprint density at radius 3 is 2.75 bits per heavy atom. The lowest BCUT2D eigenvalue weighted by Crippen LogP contribution is -2.26. The van der Waals surface area contributed by atoms with Gasteiger partial charge in [0, 0.05) is 18.9 Å². The molecule has 0 bridgehead atoms. The summed E-state index contributed by atoms with van der Waals surface area (Å²) >= 11 is 0. The average molecular weight is 275 g/mol. The Morgan fingerprint density at radius 1 is 1.45 bits per heavy atom. The van der Waals surface area contributed by atoms with Crippen LogP contribution in [0.5, 0.6) is 5.75 Å². The molecule has 1 aliphatic rings. The highest BCUT2D eigenvalue weighted by Gasteiger charge is 2.31. The lowest BCUT2D eigenvalue weighted by Gasteiger charge is -2.19. The molecule has 0 aliphatic carbocycles. The third-order valence-corrected chi connectivity index (χ3v) is 3.39. The van der Waals surface area contributed by atoms with Gasteiger partial charge in [-0.3, -0.25) is 4.79 Å². The van der Waals surface area contributed by atoms with E-state index in [1.807, 2.05) is 0 Å². The largest absolute Gasteiger partial charge is 0.497 e. The summed E-state index contributed by atoms with van der Waals surface area (Å²) in [5, 5.41) is 0. The van der Waals surface area contributed by atoms with Crippen LogP contribution in [0, 0.1) is 5.92 Å². The fourth-order valence-electron chi connectivity index (χ4n) is 2.28. The summed E-state index contributed by atoms with van der Waals surface area (Å²) in [6, 6.07) is 5.00. The summed E-state index contributed by atoms with van der Waals surface area (Å²) in [6.45, 7) is 4.24. The van der Waals surface area contributed by atoms with Gasteiger partial charge in [-0.15, -0.1) is 6.58 Å². The van der Waals surface area contributed by atoms with Crippen molar-refractivity contribution in [3.05, 3.63) is 36.4 Å². The fourth-order valence-corrected chi connectivity index (χ4v) is 2.28. The summed E-state index contributed by atoms with van der Waals surface area (Å²) in [7, 11) is 2.83. The van der Waals surface area contributed by atoms with Gasteiger partial charge in [0.1, 0.15) is 5.75 Å². The number of esters is 1. The van der Waals surface area contributed by atoms with Crippen molar-refractivity contribution in [2.45, 2.75) is 6.42 Å². The minimum Gasteiger partial charge on any atom is -0.497 e. The van der Waals surface area contributed by atoms with Gasteiger partial charge in [0.25, 0.3) is 0 Å². The number of benzene rings is 1. The minimum absolute atomic E-state index is 0.0229. The molecule has 1 saturated heterocycles. The number of carbonyl (C=O) groups excluding carboxylic acids is 2. The molecule has 1 fully saturated rings. The number of anilines is 1. The highest BCUT2D eigenvalue weighted by Crippen LogP contribution is 2.31. The highest BCUT2D eigenvalue weighted by atomic mass is 16.5. The van der Waals surface area contributed by atoms with Gasteiger partial charge in [0.2, 0.25) is 5.91 Å². The summed E-state index contributed by atoms with van der Waals surface area (Å²) in [5.74, 6) is 0.134. The van der Waals surface area contributed by atoms with Crippen molar-refractivity contribution in [1.82, 2.24) is 0 Å². The van der Waals surface area contributed by atoms with E-state index >= 15 is 0 Å². The first kappa shape index (κ1) is 14.1. The summed E-state index contributed by atoms with van der Waals surface area (Å²) < 4.78 is 9.88. The van der Waals surface area contributed by atoms with Gasteiger partial charge in [0.15, 0.2) is 0 Å². The van der Waals surface area contributed by atoms with E-state index in [1.54, 1.807) is 29.2 Å². The minimum atomic E-state index is -0.492. The Bertz CT molecular complexity index is 553. The topological polar surface area (TPSA) is 55.8 Å². The van der Waals surface area contributed by atoms with E-state index in [1.165, 1.54) is 14.2 Å². The van der Waals surface area contributed by atoms with Crippen LogP contribution in [0.25, 0.3) is 0 Å². The van der Waals surface area contributed by atoms with Crippen molar-refractivity contribution in [2.75, 3.05) is 25.7 Å². The zero-order valence-electron chi connectivity index (χ0n) is 11.6. The highest BCUT2D eigenvalue weighted by molar-refractivity contribution is 6.04. The van der Waals surface area contributed by atoms with Gasteiger partial charge in [-0.25, -0.2) is 4.79 Å². The number of hydrogen-bond donors (Lipinski definition) is 0. The van der Waals surface area contributed by atoms with Crippen LogP contribution in [-0.4, -0.2) is 32.6 Å². The fraction of sp³-hybridized carbons (Fsp3) is 0.333. The van der Waals surface area contributed by atoms with Crippen LogP contribution >= 0.6 is 0 Å². The summed E-state index contributed by atoms with van der Waals surface area (Å²) in [6.07, 6.45) is 2.18. The Hall–Kier alpha value is -2.30. The van der Waals surface area contributed by atoms with Crippen molar-refractivity contribution in [2.24, 2.45) is 5.92 Å². The van der Waals surface area contributed by atoms with E-state index in [0.717, 1.165) is 0 Å². The van der Waals surface area contributed by atoms with Crippen molar-refractivity contribution in [3.8, 4) is 5.75 Å². The van der Waals surface area contributed by atoms with Gasteiger partial charge < -0.3 is 14.4 Å². The summed E-state index contributed by atoms with van der Waals surface area (Å²) in [4.78, 5) is 25.5. The number of ether oxygens (including phenoxy) is 2. The van der Waals surface area contributed by atoms with Crippen molar-refractivity contribution >= 4 is 17.6 Å². The molecule has 1 aliphatic heterocycles. The predicted octanol–water partition coefficient (Wildman–Crippen LogP) is 2.02. The van der Waals surface area contributed by atoms with E-state index in [2.05, 4.69) is 6.58 Å². The molecule has 0 aromatic heterocycles. The molecule has 1 amide bonds. The SMILES string of the molecule is C=CC1CC(=O)N(c2ccc(OC)cc2C(=O)OC)C1. The zero-order valence-corrected chi connectivity index (χ0v) is 11.6. The first-order valence-electron chi connectivity index (χ1n) is 6.30. The quantitative estimate of drug-likeness (QED) is 0.623. The number of methoxy groups -OCH3 is 2. The van der Waals surface area contributed by atoms with Gasteiger partial charge in [-0.05, 0) is 18.2 Å². The number of nitrogens with zero attached hydrogens (tertiary/aromatic N) is 1. The molecule has 0 N–H and O–H groups in total. The third-order valence-electron chi connectivity index (χ3n) is 3.39. The predicted molar refractivity (Wildman–Crippen MR) is 75.0 cm³/mol. The second-order valence-electron chi connectivity index (χ2n) is 4.58. The molecular weight excluding hydrogens is 258 g/mol. The maximum absolute atomic E-state index is 12.1. The Kier molecular flexibility index (Phi) is 4.08. The average Bonchev–Trinajstić information content (AvgIpc) is 2.86. The van der Waals surface area contributed by atoms with E-state index in [0.29, 0.717) is 30.0 Å². The number of hydrogen-bond acceptors (Lipinski definition) is 4. The molecule has 1 heterocycles. The molecule has 20 heavy (non-hydrogen) atoms. The van der Waals surface area contributed by atoms with E-state index in [-0.39, 0.29) is 11.8 Å². The van der Waals surface area contributed by atoms with Gasteiger partial charge >= 0.3 is 5.97 Å². The Balaban J connectivity index is 2.43. The zero-order chi connectivity index (χ0) is 14.7. The second-order valence-corrected chi connectivity index (χ2v) is 4.58. The van der Waals surface area contributed by atoms with Crippen LogP contribution in [-0.2, 0) is 9.53 Å². The molecular formula is C15H17NO4. The number of carbonyl (C=O) groups is 2. The molecule has 5 nitrogen and oxygen atoms in total. The monoisotopic (exact) mass is 275 g/mol. The Morgan fingerprint density at radius 2 is 2.20 bits per heavy atom. The second kappa shape index (κ2) is 5.77. The van der Waals surface area contributed by atoms with Crippen LogP contribution in [0.15, 0.2) is 30.9 Å². The third kappa shape index (κ3) is 2.52. The van der Waals surface area contributed by atoms with Crippen LogP contribution in [0.2, 0.25) is 0 Å².